The molecule has 3 aromatic rings. The van der Waals surface area contributed by atoms with Gasteiger partial charge in [0, 0.05) is 56.7 Å². The summed E-state index contributed by atoms with van der Waals surface area (Å²) in [5, 5.41) is 12.8. The van der Waals surface area contributed by atoms with E-state index in [9.17, 15) is 13.7 Å². The molecule has 0 spiro atoms. The van der Waals surface area contributed by atoms with Gasteiger partial charge < -0.3 is 15.1 Å². The number of fused-ring (bicyclic) bond motifs is 1. The third kappa shape index (κ3) is 5.09. The standard InChI is InChI=1S/C28H31N5O2S/c1-31-13-15-32(16-14-31)25-8-10-27(11-9-25)36(34,35)33-21-24-17-23(19-29)7-12-28(24)30-20-26(33)18-22-5-3-2-4-6-22/h2-12,17,26,30H,13-16,18,20-21H2,1H3/t26-/m1/s1. The first kappa shape index (κ1) is 24.3. The van der Waals surface area contributed by atoms with Crippen LogP contribution in [0.25, 0.3) is 0 Å². The topological polar surface area (TPSA) is 79.7 Å². The summed E-state index contributed by atoms with van der Waals surface area (Å²) >= 11 is 0. The van der Waals surface area contributed by atoms with Crippen molar-refractivity contribution in [1.29, 1.82) is 5.26 Å². The van der Waals surface area contributed by atoms with Crippen molar-refractivity contribution in [3.63, 3.8) is 0 Å². The molecule has 0 aromatic heterocycles. The molecule has 3 aromatic carbocycles. The molecule has 2 aliphatic rings. The van der Waals surface area contributed by atoms with Gasteiger partial charge in [-0.25, -0.2) is 8.42 Å². The zero-order valence-electron chi connectivity index (χ0n) is 20.5. The molecule has 0 unspecified atom stereocenters. The summed E-state index contributed by atoms with van der Waals surface area (Å²) in [6, 6.07) is 24.6. The van der Waals surface area contributed by atoms with Crippen LogP contribution in [0.2, 0.25) is 0 Å². The zero-order chi connectivity index (χ0) is 25.1. The van der Waals surface area contributed by atoms with Crippen LogP contribution >= 0.6 is 0 Å². The van der Waals surface area contributed by atoms with Crippen molar-refractivity contribution in [2.24, 2.45) is 0 Å². The van der Waals surface area contributed by atoms with E-state index in [1.54, 1.807) is 28.6 Å². The van der Waals surface area contributed by atoms with Crippen molar-refractivity contribution in [1.82, 2.24) is 9.21 Å². The van der Waals surface area contributed by atoms with Crippen LogP contribution in [0.15, 0.2) is 77.7 Å². The van der Waals surface area contributed by atoms with Gasteiger partial charge in [0.05, 0.1) is 16.5 Å². The SMILES string of the molecule is CN1CCN(c2ccc(S(=O)(=O)N3Cc4cc(C#N)ccc4NC[C@H]3Cc3ccccc3)cc2)CC1. The van der Waals surface area contributed by atoms with E-state index in [0.717, 1.165) is 48.7 Å². The first-order chi connectivity index (χ1) is 17.4. The van der Waals surface area contributed by atoms with Gasteiger partial charge in [-0.05, 0) is 67.1 Å². The van der Waals surface area contributed by atoms with Gasteiger partial charge >= 0.3 is 0 Å². The van der Waals surface area contributed by atoms with E-state index in [1.165, 1.54) is 0 Å². The molecule has 2 heterocycles. The fourth-order valence-corrected chi connectivity index (χ4v) is 6.56. The van der Waals surface area contributed by atoms with Crippen molar-refractivity contribution in [2.75, 3.05) is 50.0 Å². The van der Waals surface area contributed by atoms with Crippen LogP contribution in [0.1, 0.15) is 16.7 Å². The molecule has 7 nitrogen and oxygen atoms in total. The summed E-state index contributed by atoms with van der Waals surface area (Å²) < 4.78 is 29.7. The smallest absolute Gasteiger partial charge is 0.243 e. The lowest BCUT2D eigenvalue weighted by atomic mass is 10.1. The number of sulfonamides is 1. The van der Waals surface area contributed by atoms with E-state index in [-0.39, 0.29) is 12.6 Å². The summed E-state index contributed by atoms with van der Waals surface area (Å²) in [6.07, 6.45) is 0.589. The molecule has 0 radical (unpaired) electrons. The van der Waals surface area contributed by atoms with Crippen molar-refractivity contribution >= 4 is 21.4 Å². The number of nitrogens with zero attached hydrogens (tertiary/aromatic N) is 4. The molecule has 0 bridgehead atoms. The van der Waals surface area contributed by atoms with Crippen LogP contribution in [-0.2, 0) is 23.0 Å². The maximum atomic E-state index is 14.0. The van der Waals surface area contributed by atoms with Crippen molar-refractivity contribution in [2.45, 2.75) is 23.9 Å². The Hall–Kier alpha value is -3.38. The van der Waals surface area contributed by atoms with Gasteiger partial charge in [0.15, 0.2) is 0 Å². The van der Waals surface area contributed by atoms with E-state index in [0.29, 0.717) is 23.4 Å². The highest BCUT2D eigenvalue weighted by Crippen LogP contribution is 2.30. The third-order valence-electron chi connectivity index (χ3n) is 7.12. The normalized spacial score (nSPS) is 19.1. The van der Waals surface area contributed by atoms with E-state index >= 15 is 0 Å². The Morgan fingerprint density at radius 1 is 0.972 bits per heavy atom. The van der Waals surface area contributed by atoms with Crippen LogP contribution in [0.4, 0.5) is 11.4 Å². The molecule has 1 fully saturated rings. The Morgan fingerprint density at radius 2 is 1.69 bits per heavy atom. The Bertz CT molecular complexity index is 1340. The summed E-state index contributed by atoms with van der Waals surface area (Å²) in [6.45, 7) is 4.53. The zero-order valence-corrected chi connectivity index (χ0v) is 21.3. The monoisotopic (exact) mass is 501 g/mol. The first-order valence-electron chi connectivity index (χ1n) is 12.3. The average Bonchev–Trinajstić information content (AvgIpc) is 3.09. The fourth-order valence-electron chi connectivity index (χ4n) is 4.96. The van der Waals surface area contributed by atoms with Gasteiger partial charge in [-0.1, -0.05) is 30.3 Å². The van der Waals surface area contributed by atoms with Gasteiger partial charge in [0.25, 0.3) is 0 Å². The second kappa shape index (κ2) is 10.3. The summed E-state index contributed by atoms with van der Waals surface area (Å²) in [5.41, 5.74) is 4.33. The number of hydrogen-bond donors (Lipinski definition) is 1. The average molecular weight is 502 g/mol. The highest BCUT2D eigenvalue weighted by atomic mass is 32.2. The maximum absolute atomic E-state index is 14.0. The summed E-state index contributed by atoms with van der Waals surface area (Å²) in [4.78, 5) is 4.88. The van der Waals surface area contributed by atoms with Gasteiger partial charge in [-0.2, -0.15) is 9.57 Å². The number of nitrogens with one attached hydrogen (secondary N) is 1. The third-order valence-corrected chi connectivity index (χ3v) is 9.03. The van der Waals surface area contributed by atoms with E-state index < -0.39 is 10.0 Å². The van der Waals surface area contributed by atoms with Crippen LogP contribution in [0.3, 0.4) is 0 Å². The second-order valence-corrected chi connectivity index (χ2v) is 11.4. The van der Waals surface area contributed by atoms with Crippen LogP contribution < -0.4 is 10.2 Å². The highest BCUT2D eigenvalue weighted by molar-refractivity contribution is 7.89. The second-order valence-electron chi connectivity index (χ2n) is 9.54. The molecule has 0 saturated carbocycles. The molecule has 36 heavy (non-hydrogen) atoms. The molecule has 1 saturated heterocycles. The minimum absolute atomic E-state index is 0.206. The Balaban J connectivity index is 1.47. The van der Waals surface area contributed by atoms with Gasteiger partial charge in [-0.3, -0.25) is 0 Å². The highest BCUT2D eigenvalue weighted by Gasteiger charge is 2.34. The number of hydrogen-bond acceptors (Lipinski definition) is 6. The van der Waals surface area contributed by atoms with Crippen molar-refractivity contribution in [3.05, 3.63) is 89.5 Å². The van der Waals surface area contributed by atoms with Gasteiger partial charge in [-0.15, -0.1) is 0 Å². The van der Waals surface area contributed by atoms with Crippen molar-refractivity contribution in [3.8, 4) is 6.07 Å². The summed E-state index contributed by atoms with van der Waals surface area (Å²) in [5.74, 6) is 0. The van der Waals surface area contributed by atoms with Crippen molar-refractivity contribution < 1.29 is 8.42 Å². The van der Waals surface area contributed by atoms with Gasteiger partial charge in [0.1, 0.15) is 0 Å². The maximum Gasteiger partial charge on any atom is 0.243 e. The Labute approximate surface area is 213 Å². The largest absolute Gasteiger partial charge is 0.383 e. The number of rotatable bonds is 5. The molecule has 1 atom stereocenters. The molecule has 0 amide bonds. The Kier molecular flexibility index (Phi) is 6.97. The molecule has 8 heteroatoms. The molecule has 2 aliphatic heterocycles. The number of anilines is 2. The predicted molar refractivity (Wildman–Crippen MR) is 142 cm³/mol. The van der Waals surface area contributed by atoms with Crippen LogP contribution in [0, 0.1) is 11.3 Å². The molecule has 1 N–H and O–H groups in total. The predicted octanol–water partition coefficient (Wildman–Crippen LogP) is 3.54. The minimum atomic E-state index is -3.79. The van der Waals surface area contributed by atoms with Gasteiger partial charge in [0.2, 0.25) is 10.0 Å². The minimum Gasteiger partial charge on any atom is -0.383 e. The lowest BCUT2D eigenvalue weighted by Gasteiger charge is -2.34. The molecule has 0 aliphatic carbocycles. The quantitative estimate of drug-likeness (QED) is 0.576. The lowest BCUT2D eigenvalue weighted by Crippen LogP contribution is -2.44. The van der Waals surface area contributed by atoms with Crippen LogP contribution in [0.5, 0.6) is 0 Å². The molecular weight excluding hydrogens is 470 g/mol. The van der Waals surface area contributed by atoms with E-state index in [1.807, 2.05) is 48.5 Å². The van der Waals surface area contributed by atoms with E-state index in [4.69, 9.17) is 0 Å². The summed E-state index contributed by atoms with van der Waals surface area (Å²) in [7, 11) is -1.67. The van der Waals surface area contributed by atoms with Crippen LogP contribution in [-0.4, -0.2) is 63.4 Å². The number of piperazine rings is 1. The lowest BCUT2D eigenvalue weighted by molar-refractivity contribution is 0.313. The number of nitriles is 1. The molecule has 186 valence electrons. The molecular formula is C28H31N5O2S. The molecule has 5 rings (SSSR count). The van der Waals surface area contributed by atoms with E-state index in [2.05, 4.69) is 28.2 Å². The fraction of sp³-hybridized carbons (Fsp3) is 0.321. The number of benzene rings is 3. The first-order valence-corrected chi connectivity index (χ1v) is 13.7. The number of likely N-dealkylation sites (N-methyl/N-ethyl adjacent to an activating group) is 1. The Morgan fingerprint density at radius 3 is 2.39 bits per heavy atom.